The molecule has 0 fully saturated rings. The minimum atomic E-state index is -4.21. The van der Waals surface area contributed by atoms with E-state index in [0.29, 0.717) is 41.5 Å². The van der Waals surface area contributed by atoms with Crippen LogP contribution in [0.3, 0.4) is 0 Å². The number of rotatable bonds is 7. The average Bonchev–Trinajstić information content (AvgIpc) is 3.33. The first-order valence-corrected chi connectivity index (χ1v) is 12.7. The minimum absolute atomic E-state index is 0.176. The number of nitro groups is 1. The van der Waals surface area contributed by atoms with E-state index in [1.165, 1.54) is 6.21 Å². The van der Waals surface area contributed by atoms with Crippen molar-refractivity contribution >= 4 is 33.5 Å². The molecule has 4 aromatic rings. The number of hydrazone groups is 1. The third-order valence-corrected chi connectivity index (χ3v) is 6.92. The Labute approximate surface area is 216 Å². The third kappa shape index (κ3) is 5.10. The maximum absolute atomic E-state index is 12.7. The van der Waals surface area contributed by atoms with Crippen molar-refractivity contribution in [1.29, 1.82) is 0 Å². The molecule has 1 aliphatic heterocycles. The van der Waals surface area contributed by atoms with Gasteiger partial charge in [0.25, 0.3) is 15.7 Å². The second-order valence-corrected chi connectivity index (χ2v) is 9.86. The van der Waals surface area contributed by atoms with Gasteiger partial charge in [-0.3, -0.25) is 10.1 Å². The van der Waals surface area contributed by atoms with Crippen LogP contribution in [0.25, 0.3) is 16.9 Å². The van der Waals surface area contributed by atoms with Crippen molar-refractivity contribution < 1.29 is 22.8 Å². The second kappa shape index (κ2) is 9.91. The van der Waals surface area contributed by atoms with Crippen LogP contribution in [-0.2, 0) is 10.0 Å². The van der Waals surface area contributed by atoms with E-state index in [-0.39, 0.29) is 9.92 Å². The van der Waals surface area contributed by atoms with Crippen molar-refractivity contribution in [1.82, 2.24) is 14.6 Å². The number of nitrogens with one attached hydrogen (secondary N) is 1. The van der Waals surface area contributed by atoms with Crippen LogP contribution in [0.1, 0.15) is 5.56 Å². The smallest absolute Gasteiger partial charge is 0.289 e. The summed E-state index contributed by atoms with van der Waals surface area (Å²) in [6, 6.07) is 17.9. The van der Waals surface area contributed by atoms with E-state index in [1.54, 1.807) is 23.0 Å². The van der Waals surface area contributed by atoms with Crippen LogP contribution in [-0.4, -0.2) is 42.5 Å². The number of nitrogens with zero attached hydrogens (tertiary/aromatic N) is 4. The van der Waals surface area contributed by atoms with Crippen molar-refractivity contribution in [2.45, 2.75) is 4.90 Å². The summed E-state index contributed by atoms with van der Waals surface area (Å²) >= 11 is 5.79. The Morgan fingerprint density at radius 1 is 1.05 bits per heavy atom. The quantitative estimate of drug-likeness (QED) is 0.211. The molecule has 1 aliphatic rings. The molecule has 37 heavy (non-hydrogen) atoms. The molecule has 5 rings (SSSR count). The Morgan fingerprint density at radius 3 is 2.57 bits per heavy atom. The number of fused-ring (bicyclic) bond motifs is 1. The predicted molar refractivity (Wildman–Crippen MR) is 136 cm³/mol. The highest BCUT2D eigenvalue weighted by molar-refractivity contribution is 7.89. The van der Waals surface area contributed by atoms with Crippen molar-refractivity contribution in [3.8, 4) is 28.4 Å². The molecule has 0 atom stereocenters. The standard InChI is InChI=1S/C24H18ClN5O6S/c25-20-8-7-19(13-21(20)30(31)32)37(33,34)28-26-14-17-15-29(18-4-2-1-3-5-18)27-24(17)16-6-9-22-23(12-16)36-11-10-35-22/h1-9,12-15,28H,10-11H2/b26-14+. The molecule has 11 nitrogen and oxygen atoms in total. The minimum Gasteiger partial charge on any atom is -0.486 e. The number of halogens is 1. The van der Waals surface area contributed by atoms with Crippen molar-refractivity contribution in [2.75, 3.05) is 13.2 Å². The molecule has 0 bridgehead atoms. The molecule has 0 unspecified atom stereocenters. The van der Waals surface area contributed by atoms with Crippen LogP contribution in [0.2, 0.25) is 5.02 Å². The number of aromatic nitrogens is 2. The Kier molecular flexibility index (Phi) is 6.51. The molecular weight excluding hydrogens is 522 g/mol. The molecule has 0 radical (unpaired) electrons. The molecule has 0 saturated heterocycles. The van der Waals surface area contributed by atoms with Crippen molar-refractivity contribution in [3.05, 3.63) is 93.6 Å². The van der Waals surface area contributed by atoms with E-state index in [2.05, 4.69) is 15.0 Å². The highest BCUT2D eigenvalue weighted by Crippen LogP contribution is 2.35. The van der Waals surface area contributed by atoms with E-state index < -0.39 is 20.6 Å². The Hall–Kier alpha value is -4.42. The molecule has 1 aromatic heterocycles. The Morgan fingerprint density at radius 2 is 1.81 bits per heavy atom. The van der Waals surface area contributed by atoms with Crippen molar-refractivity contribution in [3.63, 3.8) is 0 Å². The van der Waals surface area contributed by atoms with Gasteiger partial charge in [0, 0.05) is 23.4 Å². The Balaban J connectivity index is 1.49. The topological polar surface area (TPSA) is 138 Å². The van der Waals surface area contributed by atoms with E-state index in [4.69, 9.17) is 21.1 Å². The second-order valence-electron chi connectivity index (χ2n) is 7.79. The fraction of sp³-hybridized carbons (Fsp3) is 0.0833. The maximum Gasteiger partial charge on any atom is 0.289 e. The maximum atomic E-state index is 12.7. The average molecular weight is 540 g/mol. The fourth-order valence-electron chi connectivity index (χ4n) is 3.63. The van der Waals surface area contributed by atoms with Crippen LogP contribution in [0.5, 0.6) is 11.5 Å². The predicted octanol–water partition coefficient (Wildman–Crippen LogP) is 4.18. The van der Waals surface area contributed by atoms with Gasteiger partial charge in [-0.05, 0) is 42.5 Å². The lowest BCUT2D eigenvalue weighted by Gasteiger charge is -2.18. The van der Waals surface area contributed by atoms with Gasteiger partial charge in [-0.1, -0.05) is 29.8 Å². The number of nitro benzene ring substituents is 1. The van der Waals surface area contributed by atoms with Gasteiger partial charge in [0.15, 0.2) is 11.5 Å². The molecule has 0 aliphatic carbocycles. The number of sulfonamides is 1. The van der Waals surface area contributed by atoms with Gasteiger partial charge in [0.2, 0.25) is 0 Å². The normalized spacial score (nSPS) is 13.0. The van der Waals surface area contributed by atoms with E-state index in [0.717, 1.165) is 23.9 Å². The number of ether oxygens (including phenoxy) is 2. The monoisotopic (exact) mass is 539 g/mol. The van der Waals surface area contributed by atoms with Gasteiger partial charge in [-0.25, -0.2) is 9.51 Å². The summed E-state index contributed by atoms with van der Waals surface area (Å²) in [6.07, 6.45) is 3.01. The molecule has 1 N–H and O–H groups in total. The highest BCUT2D eigenvalue weighted by atomic mass is 35.5. The zero-order chi connectivity index (χ0) is 26.0. The van der Waals surface area contributed by atoms with E-state index >= 15 is 0 Å². The molecule has 13 heteroatoms. The number of hydrogen-bond acceptors (Lipinski definition) is 8. The lowest BCUT2D eigenvalue weighted by atomic mass is 10.1. The van der Waals surface area contributed by atoms with E-state index in [9.17, 15) is 18.5 Å². The summed E-state index contributed by atoms with van der Waals surface area (Å²) in [6.45, 7) is 0.887. The third-order valence-electron chi connectivity index (χ3n) is 5.38. The summed E-state index contributed by atoms with van der Waals surface area (Å²) in [5.41, 5.74) is 1.99. The fourth-order valence-corrected chi connectivity index (χ4v) is 4.62. The molecule has 0 saturated carbocycles. The summed E-state index contributed by atoms with van der Waals surface area (Å²) in [5, 5.41) is 19.5. The van der Waals surface area contributed by atoms with Crippen LogP contribution >= 0.6 is 11.6 Å². The molecule has 2 heterocycles. The van der Waals surface area contributed by atoms with Crippen LogP contribution in [0, 0.1) is 10.1 Å². The van der Waals surface area contributed by atoms with Gasteiger partial charge >= 0.3 is 0 Å². The lowest BCUT2D eigenvalue weighted by molar-refractivity contribution is -0.384. The van der Waals surface area contributed by atoms with E-state index in [1.807, 2.05) is 36.4 Å². The van der Waals surface area contributed by atoms with Crippen molar-refractivity contribution in [2.24, 2.45) is 5.10 Å². The Bertz CT molecular complexity index is 1620. The van der Waals surface area contributed by atoms with Crippen LogP contribution < -0.4 is 14.3 Å². The first-order valence-electron chi connectivity index (χ1n) is 10.9. The molecule has 0 amide bonds. The summed E-state index contributed by atoms with van der Waals surface area (Å²) in [7, 11) is -4.21. The number of benzene rings is 3. The SMILES string of the molecule is O=[N+]([O-])c1cc(S(=O)(=O)N/N=C/c2cn(-c3ccccc3)nc2-c2ccc3c(c2)OCCO3)ccc1Cl. The number of hydrogen-bond donors (Lipinski definition) is 1. The molecular formula is C24H18ClN5O6S. The first kappa shape index (κ1) is 24.3. The summed E-state index contributed by atoms with van der Waals surface area (Å²) in [4.78, 5) is 12.1. The summed E-state index contributed by atoms with van der Waals surface area (Å²) in [5.74, 6) is 1.20. The first-order chi connectivity index (χ1) is 17.8. The highest BCUT2D eigenvalue weighted by Gasteiger charge is 2.21. The zero-order valence-corrected chi connectivity index (χ0v) is 20.5. The van der Waals surface area contributed by atoms with Crippen LogP contribution in [0.4, 0.5) is 5.69 Å². The van der Waals surface area contributed by atoms with Gasteiger partial charge < -0.3 is 9.47 Å². The largest absolute Gasteiger partial charge is 0.486 e. The lowest BCUT2D eigenvalue weighted by Crippen LogP contribution is -2.18. The van der Waals surface area contributed by atoms with Crippen LogP contribution in [0.15, 0.2) is 82.9 Å². The summed E-state index contributed by atoms with van der Waals surface area (Å²) < 4.78 is 38.3. The molecule has 3 aromatic carbocycles. The van der Waals surface area contributed by atoms with Gasteiger partial charge in [0.1, 0.15) is 23.9 Å². The van der Waals surface area contributed by atoms with Gasteiger partial charge in [0.05, 0.1) is 21.7 Å². The molecule has 0 spiro atoms. The molecule has 188 valence electrons. The zero-order valence-electron chi connectivity index (χ0n) is 18.9. The van der Waals surface area contributed by atoms with Gasteiger partial charge in [-0.15, -0.1) is 0 Å². The van der Waals surface area contributed by atoms with Gasteiger partial charge in [-0.2, -0.15) is 18.6 Å². The number of para-hydroxylation sites is 1.